The number of nitrogens with two attached hydrogens (primary N) is 1. The molecule has 0 bridgehead atoms. The van der Waals surface area contributed by atoms with E-state index in [0.717, 1.165) is 12.8 Å². The summed E-state index contributed by atoms with van der Waals surface area (Å²) in [5, 5.41) is 4.99. The molecule has 0 fully saturated rings. The Labute approximate surface area is 111 Å². The Kier molecular flexibility index (Phi) is 6.35. The number of carbonyl (C=O) groups is 2. The zero-order valence-corrected chi connectivity index (χ0v) is 10.6. The molecule has 1 rings (SSSR count). The Bertz CT molecular complexity index is 438. The number of primary amides is 1. The summed E-state index contributed by atoms with van der Waals surface area (Å²) in [7, 11) is 0. The predicted molar refractivity (Wildman–Crippen MR) is 71.1 cm³/mol. The number of amides is 3. The molecule has 0 atom stereocenters. The summed E-state index contributed by atoms with van der Waals surface area (Å²) in [6.45, 7) is 0.504. The van der Waals surface area contributed by atoms with Gasteiger partial charge in [0.05, 0.1) is 5.69 Å². The number of carbonyl (C=O) groups excluding carboxylic acids is 2. The van der Waals surface area contributed by atoms with E-state index in [2.05, 4.69) is 10.6 Å². The van der Waals surface area contributed by atoms with Crippen molar-refractivity contribution in [3.8, 4) is 0 Å². The molecule has 1 aromatic carbocycles. The van der Waals surface area contributed by atoms with Crippen molar-refractivity contribution in [2.24, 2.45) is 5.73 Å². The van der Waals surface area contributed by atoms with Crippen LogP contribution in [-0.2, 0) is 4.79 Å². The normalized spacial score (nSPS) is 9.95. The minimum absolute atomic E-state index is 0.197. The molecule has 6 heteroatoms. The van der Waals surface area contributed by atoms with Crippen molar-refractivity contribution in [2.75, 3.05) is 11.9 Å². The highest BCUT2D eigenvalue weighted by atomic mass is 19.1. The zero-order chi connectivity index (χ0) is 14.1. The van der Waals surface area contributed by atoms with Crippen LogP contribution in [0.5, 0.6) is 0 Å². The summed E-state index contributed by atoms with van der Waals surface area (Å²) in [6, 6.07) is 5.50. The van der Waals surface area contributed by atoms with E-state index in [1.165, 1.54) is 12.1 Å². The SMILES string of the molecule is NC(=O)NCCCCCC(=O)Nc1ccccc1F. The Morgan fingerprint density at radius 2 is 1.89 bits per heavy atom. The first-order valence-corrected chi connectivity index (χ1v) is 6.17. The molecule has 1 aromatic rings. The maximum Gasteiger partial charge on any atom is 0.312 e. The summed E-state index contributed by atoms with van der Waals surface area (Å²) in [4.78, 5) is 21.9. The fourth-order valence-corrected chi connectivity index (χ4v) is 1.57. The molecule has 0 aromatic heterocycles. The third-order valence-corrected chi connectivity index (χ3v) is 2.53. The molecule has 0 aliphatic carbocycles. The number of urea groups is 1. The van der Waals surface area contributed by atoms with Gasteiger partial charge in [-0.1, -0.05) is 18.6 Å². The van der Waals surface area contributed by atoms with Gasteiger partial charge >= 0.3 is 6.03 Å². The minimum atomic E-state index is -0.544. The van der Waals surface area contributed by atoms with Crippen LogP contribution >= 0.6 is 0 Å². The van der Waals surface area contributed by atoms with Gasteiger partial charge < -0.3 is 16.4 Å². The average Bonchev–Trinajstić information content (AvgIpc) is 2.36. The van der Waals surface area contributed by atoms with E-state index in [-0.39, 0.29) is 11.6 Å². The van der Waals surface area contributed by atoms with Crippen LogP contribution in [0.25, 0.3) is 0 Å². The Balaban J connectivity index is 2.15. The molecule has 0 radical (unpaired) electrons. The van der Waals surface area contributed by atoms with Crippen molar-refractivity contribution in [2.45, 2.75) is 25.7 Å². The molecule has 0 spiro atoms. The lowest BCUT2D eigenvalue weighted by Crippen LogP contribution is -2.29. The van der Waals surface area contributed by atoms with E-state index < -0.39 is 11.8 Å². The summed E-state index contributed by atoms with van der Waals surface area (Å²) in [5.41, 5.74) is 5.10. The van der Waals surface area contributed by atoms with Crippen molar-refractivity contribution in [3.05, 3.63) is 30.1 Å². The van der Waals surface area contributed by atoms with Crippen LogP contribution in [-0.4, -0.2) is 18.5 Å². The van der Waals surface area contributed by atoms with Gasteiger partial charge in [-0.05, 0) is 25.0 Å². The van der Waals surface area contributed by atoms with Gasteiger partial charge in [0.2, 0.25) is 5.91 Å². The summed E-state index contributed by atoms with van der Waals surface area (Å²) in [5.74, 6) is -0.658. The lowest BCUT2D eigenvalue weighted by atomic mass is 10.2. The van der Waals surface area contributed by atoms with E-state index in [1.54, 1.807) is 12.1 Å². The van der Waals surface area contributed by atoms with Crippen LogP contribution in [0.1, 0.15) is 25.7 Å². The summed E-state index contributed by atoms with van der Waals surface area (Å²) < 4.78 is 13.2. The van der Waals surface area contributed by atoms with Crippen LogP contribution in [0.4, 0.5) is 14.9 Å². The fourth-order valence-electron chi connectivity index (χ4n) is 1.57. The van der Waals surface area contributed by atoms with Crippen LogP contribution in [0, 0.1) is 5.82 Å². The van der Waals surface area contributed by atoms with Crippen LogP contribution in [0.2, 0.25) is 0 Å². The maximum absolute atomic E-state index is 13.2. The lowest BCUT2D eigenvalue weighted by molar-refractivity contribution is -0.116. The second-order valence-corrected chi connectivity index (χ2v) is 4.13. The van der Waals surface area contributed by atoms with Gasteiger partial charge in [-0.2, -0.15) is 0 Å². The first-order chi connectivity index (χ1) is 9.09. The van der Waals surface area contributed by atoms with Gasteiger partial charge in [0.1, 0.15) is 5.82 Å². The van der Waals surface area contributed by atoms with Crippen molar-refractivity contribution in [1.29, 1.82) is 0 Å². The molecule has 0 saturated heterocycles. The Morgan fingerprint density at radius 1 is 1.16 bits per heavy atom. The standard InChI is InChI=1S/C13H18FN3O2/c14-10-6-3-4-7-11(10)17-12(18)8-2-1-5-9-16-13(15)19/h3-4,6-7H,1-2,5,8-9H2,(H,17,18)(H3,15,16,19). The van der Waals surface area contributed by atoms with E-state index >= 15 is 0 Å². The topological polar surface area (TPSA) is 84.2 Å². The predicted octanol–water partition coefficient (Wildman–Crippen LogP) is 1.99. The summed E-state index contributed by atoms with van der Waals surface area (Å²) in [6.07, 6.45) is 2.56. The van der Waals surface area contributed by atoms with E-state index in [0.29, 0.717) is 19.4 Å². The van der Waals surface area contributed by atoms with Gasteiger partial charge in [0.15, 0.2) is 0 Å². The number of halogens is 1. The van der Waals surface area contributed by atoms with Crippen molar-refractivity contribution in [3.63, 3.8) is 0 Å². The number of benzene rings is 1. The van der Waals surface area contributed by atoms with E-state index in [1.807, 2.05) is 0 Å². The number of nitrogens with one attached hydrogen (secondary N) is 2. The molecule has 19 heavy (non-hydrogen) atoms. The largest absolute Gasteiger partial charge is 0.352 e. The molecule has 3 amide bonds. The smallest absolute Gasteiger partial charge is 0.312 e. The highest BCUT2D eigenvalue weighted by molar-refractivity contribution is 5.90. The highest BCUT2D eigenvalue weighted by Gasteiger charge is 2.05. The van der Waals surface area contributed by atoms with Crippen molar-refractivity contribution < 1.29 is 14.0 Å². The molecule has 0 aliphatic rings. The number of anilines is 1. The van der Waals surface area contributed by atoms with Crippen LogP contribution in [0.3, 0.4) is 0 Å². The van der Waals surface area contributed by atoms with E-state index in [4.69, 9.17) is 5.73 Å². The average molecular weight is 267 g/mol. The first kappa shape index (κ1) is 14.9. The molecule has 0 heterocycles. The number of unbranched alkanes of at least 4 members (excludes halogenated alkanes) is 2. The van der Waals surface area contributed by atoms with Crippen molar-refractivity contribution >= 4 is 17.6 Å². The molecule has 0 unspecified atom stereocenters. The van der Waals surface area contributed by atoms with Crippen LogP contribution in [0.15, 0.2) is 24.3 Å². The lowest BCUT2D eigenvalue weighted by Gasteiger charge is -2.06. The molecule has 0 saturated carbocycles. The molecular formula is C13H18FN3O2. The van der Waals surface area contributed by atoms with Crippen molar-refractivity contribution in [1.82, 2.24) is 5.32 Å². The number of rotatable bonds is 7. The first-order valence-electron chi connectivity index (χ1n) is 6.17. The van der Waals surface area contributed by atoms with Gasteiger partial charge in [-0.25, -0.2) is 9.18 Å². The molecule has 0 aliphatic heterocycles. The van der Waals surface area contributed by atoms with Gasteiger partial charge in [-0.3, -0.25) is 4.79 Å². The Hall–Kier alpha value is -2.11. The third kappa shape index (κ3) is 6.40. The van der Waals surface area contributed by atoms with E-state index in [9.17, 15) is 14.0 Å². The molecular weight excluding hydrogens is 249 g/mol. The quantitative estimate of drug-likeness (QED) is 0.660. The number of para-hydroxylation sites is 1. The fraction of sp³-hybridized carbons (Fsp3) is 0.385. The number of hydrogen-bond acceptors (Lipinski definition) is 2. The maximum atomic E-state index is 13.2. The monoisotopic (exact) mass is 267 g/mol. The molecule has 5 nitrogen and oxygen atoms in total. The van der Waals surface area contributed by atoms with Gasteiger partial charge in [0.25, 0.3) is 0 Å². The molecule has 4 N–H and O–H groups in total. The number of hydrogen-bond donors (Lipinski definition) is 3. The second kappa shape index (κ2) is 8.07. The summed E-state index contributed by atoms with van der Waals surface area (Å²) >= 11 is 0. The highest BCUT2D eigenvalue weighted by Crippen LogP contribution is 2.13. The minimum Gasteiger partial charge on any atom is -0.352 e. The molecule has 104 valence electrons. The second-order valence-electron chi connectivity index (χ2n) is 4.13. The Morgan fingerprint density at radius 3 is 2.58 bits per heavy atom. The third-order valence-electron chi connectivity index (χ3n) is 2.53. The zero-order valence-electron chi connectivity index (χ0n) is 10.6. The van der Waals surface area contributed by atoms with Crippen LogP contribution < -0.4 is 16.4 Å². The van der Waals surface area contributed by atoms with Gasteiger partial charge in [0, 0.05) is 13.0 Å². The van der Waals surface area contributed by atoms with Gasteiger partial charge in [-0.15, -0.1) is 0 Å².